The topological polar surface area (TPSA) is 6.48 Å². The molecule has 112 valence electrons. The van der Waals surface area contributed by atoms with E-state index in [0.717, 1.165) is 0 Å². The van der Waals surface area contributed by atoms with Crippen LogP contribution in [0.5, 0.6) is 0 Å². The van der Waals surface area contributed by atoms with Crippen molar-refractivity contribution in [3.05, 3.63) is 30.9 Å². The average molecular weight is 282 g/mol. The number of para-hydroxylation sites is 2. The van der Waals surface area contributed by atoms with E-state index in [9.17, 15) is 0 Å². The Labute approximate surface area is 129 Å². The van der Waals surface area contributed by atoms with Gasteiger partial charge < -0.3 is 9.80 Å². The summed E-state index contributed by atoms with van der Waals surface area (Å²) in [6, 6.07) is 10.3. The Bertz CT molecular complexity index is 429. The predicted octanol–water partition coefficient (Wildman–Crippen LogP) is 4.97. The van der Waals surface area contributed by atoms with Gasteiger partial charge in [-0.25, -0.2) is 0 Å². The molecule has 2 fully saturated rings. The number of benzene rings is 1. The molecule has 2 heteroatoms. The number of nitrogens with zero attached hydrogens (tertiary/aromatic N) is 2. The molecule has 0 bridgehead atoms. The summed E-state index contributed by atoms with van der Waals surface area (Å²) in [4.78, 5) is 4.95. The Hall–Kier alpha value is -1.18. The third-order valence-corrected chi connectivity index (χ3v) is 5.50. The van der Waals surface area contributed by atoms with Crippen molar-refractivity contribution in [2.75, 3.05) is 9.80 Å². The molecule has 3 aliphatic rings. The smallest absolute Gasteiger partial charge is 0.209 e. The second kappa shape index (κ2) is 5.90. The number of fused-ring (bicyclic) bond motifs is 1. The largest absolute Gasteiger partial charge is 0.337 e. The van der Waals surface area contributed by atoms with Crippen LogP contribution < -0.4 is 9.80 Å². The molecule has 1 aromatic carbocycles. The summed E-state index contributed by atoms with van der Waals surface area (Å²) in [5.74, 6) is 0. The molecular formula is C19H26N2. The fourth-order valence-corrected chi connectivity index (χ4v) is 4.33. The summed E-state index contributed by atoms with van der Waals surface area (Å²) in [5, 5.41) is 0. The van der Waals surface area contributed by atoms with Gasteiger partial charge in [0, 0.05) is 12.1 Å². The third kappa shape index (κ3) is 2.54. The Morgan fingerprint density at radius 1 is 0.667 bits per heavy atom. The zero-order chi connectivity index (χ0) is 14.1. The van der Waals surface area contributed by atoms with Crippen LogP contribution in [0.25, 0.3) is 0 Å². The first-order valence-corrected chi connectivity index (χ1v) is 8.87. The van der Waals surface area contributed by atoms with Crippen molar-refractivity contribution in [2.45, 2.75) is 76.3 Å². The van der Waals surface area contributed by atoms with Crippen LogP contribution >= 0.6 is 0 Å². The summed E-state index contributed by atoms with van der Waals surface area (Å²) >= 11 is 0. The maximum Gasteiger partial charge on any atom is 0.209 e. The summed E-state index contributed by atoms with van der Waals surface area (Å²) < 4.78 is 0. The molecule has 0 saturated heterocycles. The lowest BCUT2D eigenvalue weighted by Gasteiger charge is -2.34. The number of rotatable bonds is 2. The molecule has 1 heterocycles. The van der Waals surface area contributed by atoms with E-state index in [2.05, 4.69) is 40.7 Å². The molecule has 1 aromatic rings. The highest BCUT2D eigenvalue weighted by Gasteiger charge is 2.36. The van der Waals surface area contributed by atoms with Crippen LogP contribution in [0.3, 0.4) is 0 Å². The molecule has 2 saturated carbocycles. The average Bonchev–Trinajstić information content (AvgIpc) is 2.96. The van der Waals surface area contributed by atoms with Crippen LogP contribution in [-0.2, 0) is 0 Å². The number of anilines is 2. The van der Waals surface area contributed by atoms with Crippen LogP contribution in [0.15, 0.2) is 24.3 Å². The molecule has 4 rings (SSSR count). The van der Waals surface area contributed by atoms with Gasteiger partial charge in [-0.1, -0.05) is 50.7 Å². The Morgan fingerprint density at radius 3 is 1.52 bits per heavy atom. The standard InChI is InChI=1S/C19H26N2/c1-3-9-16(10-4-1)20-15-21(17-11-5-2-6-12-17)19-14-8-7-13-18(19)20/h7-8,13-14,16-17H,1-6,9-12H2. The van der Waals surface area contributed by atoms with E-state index in [4.69, 9.17) is 0 Å². The van der Waals surface area contributed by atoms with E-state index >= 15 is 0 Å². The molecule has 21 heavy (non-hydrogen) atoms. The van der Waals surface area contributed by atoms with Gasteiger partial charge in [0.25, 0.3) is 0 Å². The lowest BCUT2D eigenvalue weighted by atomic mass is 9.94. The van der Waals surface area contributed by atoms with Crippen molar-refractivity contribution < 1.29 is 0 Å². The van der Waals surface area contributed by atoms with Gasteiger partial charge in [-0.15, -0.1) is 0 Å². The Balaban J connectivity index is 1.59. The van der Waals surface area contributed by atoms with Gasteiger partial charge in [0.1, 0.15) is 0 Å². The zero-order valence-electron chi connectivity index (χ0n) is 12.9. The van der Waals surface area contributed by atoms with Crippen LogP contribution in [0.1, 0.15) is 64.2 Å². The maximum atomic E-state index is 3.76. The first kappa shape index (κ1) is 13.5. The molecule has 0 unspecified atom stereocenters. The van der Waals surface area contributed by atoms with Gasteiger partial charge in [-0.2, -0.15) is 0 Å². The number of hydrogen-bond acceptors (Lipinski definition) is 2. The van der Waals surface area contributed by atoms with E-state index < -0.39 is 0 Å². The molecule has 1 aliphatic heterocycles. The lowest BCUT2D eigenvalue weighted by molar-refractivity contribution is 0.409. The van der Waals surface area contributed by atoms with Gasteiger partial charge in [-0.3, -0.25) is 0 Å². The molecule has 0 N–H and O–H groups in total. The fraction of sp³-hybridized carbons (Fsp3) is 0.632. The minimum atomic E-state index is 0.675. The Morgan fingerprint density at radius 2 is 1.10 bits per heavy atom. The summed E-state index contributed by atoms with van der Waals surface area (Å²) in [7, 11) is 0. The zero-order valence-corrected chi connectivity index (χ0v) is 12.9. The van der Waals surface area contributed by atoms with E-state index in [1.165, 1.54) is 75.6 Å². The lowest BCUT2D eigenvalue weighted by Crippen LogP contribution is -2.40. The van der Waals surface area contributed by atoms with Crippen molar-refractivity contribution in [3.63, 3.8) is 0 Å². The van der Waals surface area contributed by atoms with E-state index in [1.54, 1.807) is 0 Å². The van der Waals surface area contributed by atoms with Crippen LogP contribution in [0.4, 0.5) is 11.4 Å². The fourth-order valence-electron chi connectivity index (χ4n) is 4.33. The summed E-state index contributed by atoms with van der Waals surface area (Å²) in [5.41, 5.74) is 2.80. The van der Waals surface area contributed by atoms with Gasteiger partial charge in [0.2, 0.25) is 6.67 Å². The van der Waals surface area contributed by atoms with Crippen molar-refractivity contribution >= 4 is 11.4 Å². The quantitative estimate of drug-likeness (QED) is 0.755. The summed E-state index contributed by atoms with van der Waals surface area (Å²) in [6.45, 7) is 3.76. The second-order valence-corrected chi connectivity index (χ2v) is 6.91. The van der Waals surface area contributed by atoms with E-state index in [-0.39, 0.29) is 0 Å². The first-order valence-electron chi connectivity index (χ1n) is 8.87. The minimum absolute atomic E-state index is 0.675. The molecule has 0 atom stereocenters. The molecular weight excluding hydrogens is 256 g/mol. The normalized spacial score (nSPS) is 24.4. The molecule has 2 radical (unpaired) electrons. The molecule has 2 aliphatic carbocycles. The van der Waals surface area contributed by atoms with Crippen molar-refractivity contribution in [2.24, 2.45) is 0 Å². The second-order valence-electron chi connectivity index (χ2n) is 6.91. The molecule has 0 aromatic heterocycles. The van der Waals surface area contributed by atoms with Gasteiger partial charge in [0.05, 0.1) is 11.4 Å². The SMILES string of the molecule is [C]1N(C2CCCCC2)c2ccccc2N1C1CCCCC1. The summed E-state index contributed by atoms with van der Waals surface area (Å²) in [6.07, 6.45) is 13.7. The minimum Gasteiger partial charge on any atom is -0.337 e. The van der Waals surface area contributed by atoms with E-state index in [1.807, 2.05) is 0 Å². The van der Waals surface area contributed by atoms with Gasteiger partial charge in [-0.05, 0) is 37.8 Å². The number of hydrogen-bond donors (Lipinski definition) is 0. The predicted molar refractivity (Wildman–Crippen MR) is 88.4 cm³/mol. The maximum absolute atomic E-state index is 3.76. The monoisotopic (exact) mass is 282 g/mol. The van der Waals surface area contributed by atoms with E-state index in [0.29, 0.717) is 12.1 Å². The van der Waals surface area contributed by atoms with Crippen molar-refractivity contribution in [3.8, 4) is 0 Å². The third-order valence-electron chi connectivity index (χ3n) is 5.50. The van der Waals surface area contributed by atoms with Gasteiger partial charge >= 0.3 is 0 Å². The highest BCUT2D eigenvalue weighted by Crippen LogP contribution is 2.44. The molecule has 0 spiro atoms. The van der Waals surface area contributed by atoms with Crippen molar-refractivity contribution in [1.82, 2.24) is 0 Å². The van der Waals surface area contributed by atoms with Gasteiger partial charge in [0.15, 0.2) is 0 Å². The molecule has 0 amide bonds. The van der Waals surface area contributed by atoms with Crippen LogP contribution in [0, 0.1) is 6.67 Å². The molecule has 2 nitrogen and oxygen atoms in total. The van der Waals surface area contributed by atoms with Crippen LogP contribution in [-0.4, -0.2) is 12.1 Å². The first-order chi connectivity index (χ1) is 10.4. The van der Waals surface area contributed by atoms with Crippen molar-refractivity contribution in [1.29, 1.82) is 0 Å². The Kier molecular flexibility index (Phi) is 3.79. The van der Waals surface area contributed by atoms with Crippen LogP contribution in [0.2, 0.25) is 0 Å². The highest BCUT2D eigenvalue weighted by atomic mass is 15.4. The highest BCUT2D eigenvalue weighted by molar-refractivity contribution is 5.79.